The maximum absolute atomic E-state index is 13.1. The molecule has 6 heteroatoms. The van der Waals surface area contributed by atoms with Gasteiger partial charge in [0.2, 0.25) is 5.91 Å². The molecule has 3 aromatic rings. The van der Waals surface area contributed by atoms with Crippen LogP contribution in [0.2, 0.25) is 0 Å². The monoisotopic (exact) mass is 351 g/mol. The molecular weight excluding hydrogens is 333 g/mol. The third-order valence-corrected chi connectivity index (χ3v) is 3.96. The number of aryl methyl sites for hydroxylation is 2. The summed E-state index contributed by atoms with van der Waals surface area (Å²) in [7, 11) is 0. The Kier molecular flexibility index (Phi) is 4.93. The molecular formula is C20H18FN3O2. The molecule has 0 atom stereocenters. The molecule has 0 saturated carbocycles. The number of benzene rings is 2. The van der Waals surface area contributed by atoms with Crippen molar-refractivity contribution in [3.8, 4) is 11.3 Å². The van der Waals surface area contributed by atoms with Crippen molar-refractivity contribution in [3.05, 3.63) is 81.9 Å². The molecule has 0 spiro atoms. The second kappa shape index (κ2) is 7.31. The van der Waals surface area contributed by atoms with Crippen molar-refractivity contribution < 1.29 is 9.18 Å². The Morgan fingerprint density at radius 3 is 2.50 bits per heavy atom. The number of halogens is 1. The number of hydrogen-bond acceptors (Lipinski definition) is 3. The van der Waals surface area contributed by atoms with E-state index in [-0.39, 0.29) is 23.8 Å². The molecule has 0 radical (unpaired) electrons. The molecule has 2 aromatic carbocycles. The van der Waals surface area contributed by atoms with Crippen LogP contribution in [-0.4, -0.2) is 15.7 Å². The largest absolute Gasteiger partial charge is 0.324 e. The molecule has 0 unspecified atom stereocenters. The van der Waals surface area contributed by atoms with E-state index >= 15 is 0 Å². The second-order valence-electron chi connectivity index (χ2n) is 6.09. The number of hydrogen-bond donors (Lipinski definition) is 1. The first-order valence-corrected chi connectivity index (χ1v) is 8.13. The standard InChI is InChI=1S/C20H18FN3O2/c1-13-3-8-17(14(2)11-13)22-19(25)12-24-20(26)10-9-18(23-24)15-4-6-16(21)7-5-15/h3-11H,12H2,1-2H3,(H,22,25). The van der Waals surface area contributed by atoms with Gasteiger partial charge in [0.15, 0.2) is 0 Å². The molecule has 132 valence electrons. The van der Waals surface area contributed by atoms with Crippen LogP contribution < -0.4 is 10.9 Å². The predicted molar refractivity (Wildman–Crippen MR) is 98.4 cm³/mol. The Morgan fingerprint density at radius 2 is 1.81 bits per heavy atom. The van der Waals surface area contributed by atoms with Crippen molar-refractivity contribution in [2.24, 2.45) is 0 Å². The minimum absolute atomic E-state index is 0.207. The average Bonchev–Trinajstić information content (AvgIpc) is 2.60. The van der Waals surface area contributed by atoms with Crippen molar-refractivity contribution in [3.63, 3.8) is 0 Å². The van der Waals surface area contributed by atoms with Crippen LogP contribution in [0, 0.1) is 19.7 Å². The van der Waals surface area contributed by atoms with E-state index in [4.69, 9.17) is 0 Å². The van der Waals surface area contributed by atoms with Gasteiger partial charge in [0.1, 0.15) is 12.4 Å². The summed E-state index contributed by atoms with van der Waals surface area (Å²) in [6, 6.07) is 14.4. The quantitative estimate of drug-likeness (QED) is 0.784. The lowest BCUT2D eigenvalue weighted by atomic mass is 10.1. The van der Waals surface area contributed by atoms with Crippen LogP contribution >= 0.6 is 0 Å². The van der Waals surface area contributed by atoms with Crippen LogP contribution in [0.25, 0.3) is 11.3 Å². The van der Waals surface area contributed by atoms with Gasteiger partial charge in [-0.05, 0) is 55.8 Å². The number of carbonyl (C=O) groups is 1. The zero-order chi connectivity index (χ0) is 18.7. The lowest BCUT2D eigenvalue weighted by Gasteiger charge is -2.10. The first-order chi connectivity index (χ1) is 12.4. The smallest absolute Gasteiger partial charge is 0.267 e. The van der Waals surface area contributed by atoms with Crippen LogP contribution in [0.3, 0.4) is 0 Å². The molecule has 0 aliphatic heterocycles. The van der Waals surface area contributed by atoms with Crippen LogP contribution in [-0.2, 0) is 11.3 Å². The summed E-state index contributed by atoms with van der Waals surface area (Å²) >= 11 is 0. The van der Waals surface area contributed by atoms with Gasteiger partial charge >= 0.3 is 0 Å². The second-order valence-corrected chi connectivity index (χ2v) is 6.09. The van der Waals surface area contributed by atoms with E-state index in [1.54, 1.807) is 18.2 Å². The molecule has 1 aromatic heterocycles. The van der Waals surface area contributed by atoms with E-state index < -0.39 is 0 Å². The molecule has 0 saturated heterocycles. The number of nitrogens with one attached hydrogen (secondary N) is 1. The Balaban J connectivity index is 1.80. The summed E-state index contributed by atoms with van der Waals surface area (Å²) in [5.41, 5.74) is 3.51. The van der Waals surface area contributed by atoms with E-state index in [0.717, 1.165) is 15.8 Å². The fourth-order valence-corrected chi connectivity index (χ4v) is 2.62. The molecule has 0 aliphatic carbocycles. The average molecular weight is 351 g/mol. The first kappa shape index (κ1) is 17.5. The number of carbonyl (C=O) groups excluding carboxylic acids is 1. The van der Waals surface area contributed by atoms with Crippen molar-refractivity contribution >= 4 is 11.6 Å². The number of anilines is 1. The summed E-state index contributed by atoms with van der Waals surface area (Å²) in [4.78, 5) is 24.3. The predicted octanol–water partition coefficient (Wildman–Crippen LogP) is 3.30. The third kappa shape index (κ3) is 4.03. The van der Waals surface area contributed by atoms with Gasteiger partial charge in [-0.15, -0.1) is 0 Å². The lowest BCUT2D eigenvalue weighted by molar-refractivity contribution is -0.117. The molecule has 1 heterocycles. The molecule has 0 fully saturated rings. The van der Waals surface area contributed by atoms with Gasteiger partial charge in [-0.3, -0.25) is 9.59 Å². The highest BCUT2D eigenvalue weighted by Gasteiger charge is 2.10. The van der Waals surface area contributed by atoms with Crippen molar-refractivity contribution in [1.29, 1.82) is 0 Å². The summed E-state index contributed by atoms with van der Waals surface area (Å²) in [5, 5.41) is 7.00. The van der Waals surface area contributed by atoms with Gasteiger partial charge in [-0.25, -0.2) is 9.07 Å². The summed E-state index contributed by atoms with van der Waals surface area (Å²) in [5.74, 6) is -0.697. The van der Waals surface area contributed by atoms with E-state index in [1.165, 1.54) is 18.2 Å². The zero-order valence-corrected chi connectivity index (χ0v) is 14.5. The van der Waals surface area contributed by atoms with E-state index in [9.17, 15) is 14.0 Å². The van der Waals surface area contributed by atoms with Gasteiger partial charge in [-0.2, -0.15) is 5.10 Å². The molecule has 1 amide bonds. The number of rotatable bonds is 4. The maximum Gasteiger partial charge on any atom is 0.267 e. The topological polar surface area (TPSA) is 64.0 Å². The third-order valence-electron chi connectivity index (χ3n) is 3.96. The van der Waals surface area contributed by atoms with Crippen molar-refractivity contribution in [1.82, 2.24) is 9.78 Å². The number of amides is 1. The summed E-state index contributed by atoms with van der Waals surface area (Å²) in [6.07, 6.45) is 0. The molecule has 0 aliphatic rings. The van der Waals surface area contributed by atoms with Crippen LogP contribution in [0.4, 0.5) is 10.1 Å². The number of nitrogens with zero attached hydrogens (tertiary/aromatic N) is 2. The van der Waals surface area contributed by atoms with E-state index in [0.29, 0.717) is 16.9 Å². The Labute approximate surface area is 150 Å². The minimum Gasteiger partial charge on any atom is -0.324 e. The minimum atomic E-state index is -0.383. The van der Waals surface area contributed by atoms with Crippen LogP contribution in [0.1, 0.15) is 11.1 Å². The van der Waals surface area contributed by atoms with Crippen LogP contribution in [0.5, 0.6) is 0 Å². The Morgan fingerprint density at radius 1 is 1.08 bits per heavy atom. The van der Waals surface area contributed by atoms with Crippen molar-refractivity contribution in [2.75, 3.05) is 5.32 Å². The van der Waals surface area contributed by atoms with Crippen LogP contribution in [0.15, 0.2) is 59.4 Å². The normalized spacial score (nSPS) is 10.6. The van der Waals surface area contributed by atoms with Gasteiger partial charge in [-0.1, -0.05) is 17.7 Å². The molecule has 0 bridgehead atoms. The van der Waals surface area contributed by atoms with Crippen molar-refractivity contribution in [2.45, 2.75) is 20.4 Å². The van der Waals surface area contributed by atoms with Gasteiger partial charge < -0.3 is 5.32 Å². The highest BCUT2D eigenvalue weighted by Crippen LogP contribution is 2.17. The highest BCUT2D eigenvalue weighted by atomic mass is 19.1. The van der Waals surface area contributed by atoms with Gasteiger partial charge in [0.05, 0.1) is 5.69 Å². The zero-order valence-electron chi connectivity index (χ0n) is 14.5. The lowest BCUT2D eigenvalue weighted by Crippen LogP contribution is -2.29. The van der Waals surface area contributed by atoms with Gasteiger partial charge in [0, 0.05) is 17.3 Å². The fraction of sp³-hybridized carbons (Fsp3) is 0.150. The number of aromatic nitrogens is 2. The SMILES string of the molecule is Cc1ccc(NC(=O)Cn2nc(-c3ccc(F)cc3)ccc2=O)c(C)c1. The Hall–Kier alpha value is -3.28. The first-order valence-electron chi connectivity index (χ1n) is 8.13. The molecule has 5 nitrogen and oxygen atoms in total. The summed E-state index contributed by atoms with van der Waals surface area (Å²) < 4.78 is 14.1. The highest BCUT2D eigenvalue weighted by molar-refractivity contribution is 5.91. The molecule has 3 rings (SSSR count). The molecule has 1 N–H and O–H groups in total. The Bertz CT molecular complexity index is 1010. The maximum atomic E-state index is 13.1. The van der Waals surface area contributed by atoms with E-state index in [2.05, 4.69) is 10.4 Å². The van der Waals surface area contributed by atoms with E-state index in [1.807, 2.05) is 32.0 Å². The molecule has 26 heavy (non-hydrogen) atoms. The summed E-state index contributed by atoms with van der Waals surface area (Å²) in [6.45, 7) is 3.67. The fourth-order valence-electron chi connectivity index (χ4n) is 2.62. The van der Waals surface area contributed by atoms with Gasteiger partial charge in [0.25, 0.3) is 5.56 Å².